The molecule has 0 aliphatic carbocycles. The summed E-state index contributed by atoms with van der Waals surface area (Å²) in [6.45, 7) is 0. The first-order valence-electron chi connectivity index (χ1n) is 5.23. The smallest absolute Gasteiger partial charge is 0.124 e. The van der Waals surface area contributed by atoms with Crippen molar-refractivity contribution in [3.05, 3.63) is 54.8 Å². The van der Waals surface area contributed by atoms with Crippen LogP contribution in [0.2, 0.25) is 0 Å². The quantitative estimate of drug-likeness (QED) is 0.604. The summed E-state index contributed by atoms with van der Waals surface area (Å²) in [6, 6.07) is 6.73. The van der Waals surface area contributed by atoms with Crippen LogP contribution in [0.5, 0.6) is 0 Å². The summed E-state index contributed by atoms with van der Waals surface area (Å²) in [7, 11) is 0. The van der Waals surface area contributed by atoms with Crippen molar-refractivity contribution in [1.82, 2.24) is 5.43 Å². The molecule has 0 saturated carbocycles. The van der Waals surface area contributed by atoms with Gasteiger partial charge >= 0.3 is 0 Å². The average Bonchev–Trinajstić information content (AvgIpc) is 2.70. The first-order chi connectivity index (χ1) is 8.58. The van der Waals surface area contributed by atoms with Gasteiger partial charge in [0.15, 0.2) is 0 Å². The highest BCUT2D eigenvalue weighted by atomic mass is 79.9. The number of hydrazine groups is 1. The van der Waals surface area contributed by atoms with Crippen LogP contribution in [0.15, 0.2) is 38.6 Å². The molecule has 1 aromatic heterocycles. The molecule has 3 N–H and O–H groups in total. The summed E-state index contributed by atoms with van der Waals surface area (Å²) in [5, 5.41) is 2.02. The predicted molar refractivity (Wildman–Crippen MR) is 79.9 cm³/mol. The van der Waals surface area contributed by atoms with Gasteiger partial charge in [-0.3, -0.25) is 11.3 Å². The number of hydrogen-bond donors (Lipinski definition) is 2. The summed E-state index contributed by atoms with van der Waals surface area (Å²) in [6.07, 6.45) is 0.725. The van der Waals surface area contributed by atoms with Crippen LogP contribution in [0.25, 0.3) is 0 Å². The summed E-state index contributed by atoms with van der Waals surface area (Å²) in [5.41, 5.74) is 3.56. The van der Waals surface area contributed by atoms with E-state index in [0.717, 1.165) is 16.5 Å². The molecule has 0 aliphatic heterocycles. The molecule has 1 unspecified atom stereocenters. The number of thiophene rings is 1. The molecule has 96 valence electrons. The number of rotatable bonds is 4. The van der Waals surface area contributed by atoms with Crippen molar-refractivity contribution in [3.63, 3.8) is 0 Å². The Balaban J connectivity index is 2.22. The highest BCUT2D eigenvalue weighted by molar-refractivity contribution is 9.10. The lowest BCUT2D eigenvalue weighted by atomic mass is 10.0. The minimum atomic E-state index is -0.271. The third-order valence-corrected chi connectivity index (χ3v) is 4.69. The first-order valence-corrected chi connectivity index (χ1v) is 7.70. The molecule has 2 nitrogen and oxygen atoms in total. The Kier molecular flexibility index (Phi) is 4.91. The fourth-order valence-corrected chi connectivity index (χ4v) is 3.69. The Bertz CT molecular complexity index is 524. The largest absolute Gasteiger partial charge is 0.271 e. The molecule has 0 fully saturated rings. The summed E-state index contributed by atoms with van der Waals surface area (Å²) < 4.78 is 15.1. The van der Waals surface area contributed by atoms with Crippen LogP contribution in [0, 0.1) is 5.82 Å². The summed E-state index contributed by atoms with van der Waals surface area (Å²) in [4.78, 5) is 1.19. The molecular weight excluding hydrogens is 383 g/mol. The Morgan fingerprint density at radius 1 is 1.22 bits per heavy atom. The van der Waals surface area contributed by atoms with Crippen LogP contribution < -0.4 is 11.3 Å². The van der Waals surface area contributed by atoms with Gasteiger partial charge in [0.05, 0.1) is 6.04 Å². The molecule has 0 radical (unpaired) electrons. The standard InChI is InChI=1S/C12H11Br2FN2S/c13-8-1-7(2-10(15)3-8)12(17-16)5-11-4-9(14)6-18-11/h1-4,6,12,17H,5,16H2. The molecule has 0 saturated heterocycles. The highest BCUT2D eigenvalue weighted by Crippen LogP contribution is 2.27. The maximum Gasteiger partial charge on any atom is 0.124 e. The molecule has 0 bridgehead atoms. The molecule has 1 aromatic carbocycles. The van der Waals surface area contributed by atoms with Crippen molar-refractivity contribution in [2.45, 2.75) is 12.5 Å². The molecule has 1 heterocycles. The van der Waals surface area contributed by atoms with E-state index in [-0.39, 0.29) is 11.9 Å². The second-order valence-electron chi connectivity index (χ2n) is 3.86. The van der Waals surface area contributed by atoms with Crippen LogP contribution in [0.4, 0.5) is 4.39 Å². The van der Waals surface area contributed by atoms with Crippen molar-refractivity contribution >= 4 is 43.2 Å². The van der Waals surface area contributed by atoms with Gasteiger partial charge in [-0.25, -0.2) is 4.39 Å². The zero-order valence-electron chi connectivity index (χ0n) is 9.29. The van der Waals surface area contributed by atoms with Gasteiger partial charge in [-0.15, -0.1) is 11.3 Å². The Morgan fingerprint density at radius 2 is 2.00 bits per heavy atom. The van der Waals surface area contributed by atoms with Crippen molar-refractivity contribution in [3.8, 4) is 0 Å². The number of nitrogens with two attached hydrogens (primary N) is 1. The van der Waals surface area contributed by atoms with E-state index >= 15 is 0 Å². The Hall–Kier alpha value is -0.270. The van der Waals surface area contributed by atoms with Gasteiger partial charge in [0.25, 0.3) is 0 Å². The van der Waals surface area contributed by atoms with Gasteiger partial charge in [-0.05, 0) is 45.8 Å². The molecule has 0 spiro atoms. The topological polar surface area (TPSA) is 38.0 Å². The van der Waals surface area contributed by atoms with Gasteiger partial charge in [-0.2, -0.15) is 0 Å². The number of nitrogens with one attached hydrogen (secondary N) is 1. The molecular formula is C12H11Br2FN2S. The number of benzene rings is 1. The Labute approximate surface area is 126 Å². The van der Waals surface area contributed by atoms with Crippen molar-refractivity contribution in [2.24, 2.45) is 5.84 Å². The van der Waals surface area contributed by atoms with E-state index < -0.39 is 0 Å². The first kappa shape index (κ1) is 14.1. The molecule has 2 rings (SSSR count). The van der Waals surface area contributed by atoms with Crippen molar-refractivity contribution in [1.29, 1.82) is 0 Å². The van der Waals surface area contributed by atoms with E-state index in [4.69, 9.17) is 5.84 Å². The lowest BCUT2D eigenvalue weighted by Crippen LogP contribution is -2.29. The van der Waals surface area contributed by atoms with E-state index in [1.807, 2.05) is 17.5 Å². The van der Waals surface area contributed by atoms with Gasteiger partial charge in [0.2, 0.25) is 0 Å². The third-order valence-electron chi connectivity index (χ3n) is 2.52. The SMILES string of the molecule is NNC(Cc1cc(Br)cs1)c1cc(F)cc(Br)c1. The van der Waals surface area contributed by atoms with Gasteiger partial charge in [0, 0.05) is 25.6 Å². The zero-order valence-corrected chi connectivity index (χ0v) is 13.3. The van der Waals surface area contributed by atoms with Crippen molar-refractivity contribution in [2.75, 3.05) is 0 Å². The number of halogens is 3. The molecule has 2 aromatic rings. The van der Waals surface area contributed by atoms with Crippen LogP contribution in [-0.4, -0.2) is 0 Å². The molecule has 1 atom stereocenters. The van der Waals surface area contributed by atoms with Gasteiger partial charge < -0.3 is 0 Å². The fraction of sp³-hybridized carbons (Fsp3) is 0.167. The van der Waals surface area contributed by atoms with E-state index in [9.17, 15) is 4.39 Å². The number of hydrogen-bond acceptors (Lipinski definition) is 3. The summed E-state index contributed by atoms with van der Waals surface area (Å²) in [5.74, 6) is 5.29. The van der Waals surface area contributed by atoms with Crippen molar-refractivity contribution < 1.29 is 4.39 Å². The fourth-order valence-electron chi connectivity index (χ4n) is 1.71. The van der Waals surface area contributed by atoms with E-state index in [1.165, 1.54) is 17.0 Å². The zero-order chi connectivity index (χ0) is 13.1. The van der Waals surface area contributed by atoms with Gasteiger partial charge in [-0.1, -0.05) is 15.9 Å². The predicted octanol–water partition coefficient (Wildman–Crippen LogP) is 4.16. The molecule has 0 amide bonds. The summed E-state index contributed by atoms with van der Waals surface area (Å²) >= 11 is 8.35. The molecule has 6 heteroatoms. The second kappa shape index (κ2) is 6.25. The van der Waals surface area contributed by atoms with Gasteiger partial charge in [0.1, 0.15) is 5.82 Å². The van der Waals surface area contributed by atoms with Crippen LogP contribution in [0.3, 0.4) is 0 Å². The third kappa shape index (κ3) is 3.61. The second-order valence-corrected chi connectivity index (χ2v) is 6.68. The minimum Gasteiger partial charge on any atom is -0.271 e. The Morgan fingerprint density at radius 3 is 2.56 bits per heavy atom. The monoisotopic (exact) mass is 392 g/mol. The average molecular weight is 394 g/mol. The maximum atomic E-state index is 13.4. The van der Waals surface area contributed by atoms with Crippen LogP contribution >= 0.6 is 43.2 Å². The maximum absolute atomic E-state index is 13.4. The molecule has 0 aliphatic rings. The highest BCUT2D eigenvalue weighted by Gasteiger charge is 2.13. The van der Waals surface area contributed by atoms with E-state index in [2.05, 4.69) is 37.3 Å². The van der Waals surface area contributed by atoms with Crippen LogP contribution in [0.1, 0.15) is 16.5 Å². The lowest BCUT2D eigenvalue weighted by molar-refractivity contribution is 0.547. The van der Waals surface area contributed by atoms with E-state index in [1.54, 1.807) is 11.3 Å². The minimum absolute atomic E-state index is 0.109. The normalized spacial score (nSPS) is 12.7. The molecule has 18 heavy (non-hydrogen) atoms. The lowest BCUT2D eigenvalue weighted by Gasteiger charge is -2.16. The van der Waals surface area contributed by atoms with Crippen LogP contribution in [-0.2, 0) is 6.42 Å². The van der Waals surface area contributed by atoms with E-state index in [0.29, 0.717) is 4.47 Å².